The first-order valence-corrected chi connectivity index (χ1v) is 8.03. The van der Waals surface area contributed by atoms with Crippen molar-refractivity contribution in [1.82, 2.24) is 10.2 Å². The second-order valence-corrected chi connectivity index (χ2v) is 7.29. The Morgan fingerprint density at radius 1 is 1.35 bits per heavy atom. The molecule has 2 rings (SSSR count). The highest BCUT2D eigenvalue weighted by Crippen LogP contribution is 2.37. The number of amides is 2. The van der Waals surface area contributed by atoms with Crippen LogP contribution in [-0.4, -0.2) is 29.8 Å². The van der Waals surface area contributed by atoms with Crippen LogP contribution in [0.4, 0.5) is 4.39 Å². The van der Waals surface area contributed by atoms with Gasteiger partial charge in [-0.3, -0.25) is 9.59 Å². The number of nitrogens with zero attached hydrogens (tertiary/aromatic N) is 1. The predicted molar refractivity (Wildman–Crippen MR) is 87.1 cm³/mol. The van der Waals surface area contributed by atoms with Crippen molar-refractivity contribution in [2.24, 2.45) is 11.3 Å². The molecule has 0 aromatic heterocycles. The van der Waals surface area contributed by atoms with Crippen LogP contribution in [0.15, 0.2) is 24.3 Å². The molecule has 1 aliphatic rings. The molecule has 0 radical (unpaired) electrons. The second-order valence-electron chi connectivity index (χ2n) is 7.29. The van der Waals surface area contributed by atoms with E-state index in [-0.39, 0.29) is 36.1 Å². The van der Waals surface area contributed by atoms with Crippen LogP contribution < -0.4 is 5.32 Å². The zero-order chi connectivity index (χ0) is 17.2. The zero-order valence-corrected chi connectivity index (χ0v) is 14.2. The highest BCUT2D eigenvalue weighted by Gasteiger charge is 2.35. The Labute approximate surface area is 137 Å². The van der Waals surface area contributed by atoms with Gasteiger partial charge in [-0.2, -0.15) is 0 Å². The van der Waals surface area contributed by atoms with Crippen molar-refractivity contribution in [2.45, 2.75) is 40.2 Å². The molecule has 1 aliphatic heterocycles. The third-order valence-corrected chi connectivity index (χ3v) is 4.29. The molecule has 1 heterocycles. The van der Waals surface area contributed by atoms with Crippen LogP contribution in [-0.2, 0) is 9.59 Å². The standard InChI is InChI=1S/C18H25FN2O2/c1-12-8-9-21(15(22)11-20-17(23)18(2,3)4)16(12)13-6-5-7-14(19)10-13/h5-7,10,12,16H,8-9,11H2,1-4H3,(H,20,23)/t12-,16+/m1/s1. The summed E-state index contributed by atoms with van der Waals surface area (Å²) in [5, 5.41) is 2.69. The van der Waals surface area contributed by atoms with E-state index in [1.165, 1.54) is 12.1 Å². The van der Waals surface area contributed by atoms with Gasteiger partial charge < -0.3 is 10.2 Å². The molecule has 4 nitrogen and oxygen atoms in total. The Balaban J connectivity index is 2.08. The quantitative estimate of drug-likeness (QED) is 0.931. The van der Waals surface area contributed by atoms with E-state index in [4.69, 9.17) is 0 Å². The minimum atomic E-state index is -0.527. The normalized spacial score (nSPS) is 21.3. The summed E-state index contributed by atoms with van der Waals surface area (Å²) in [7, 11) is 0. The molecule has 1 N–H and O–H groups in total. The van der Waals surface area contributed by atoms with Gasteiger partial charge in [-0.05, 0) is 30.0 Å². The predicted octanol–water partition coefficient (Wildman–Crippen LogP) is 2.90. The van der Waals surface area contributed by atoms with E-state index in [1.807, 2.05) is 6.07 Å². The summed E-state index contributed by atoms with van der Waals surface area (Å²) in [5.41, 5.74) is 0.283. The van der Waals surface area contributed by atoms with E-state index in [9.17, 15) is 14.0 Å². The monoisotopic (exact) mass is 320 g/mol. The third kappa shape index (κ3) is 4.09. The van der Waals surface area contributed by atoms with E-state index in [2.05, 4.69) is 12.2 Å². The van der Waals surface area contributed by atoms with E-state index in [0.717, 1.165) is 12.0 Å². The molecule has 0 unspecified atom stereocenters. The summed E-state index contributed by atoms with van der Waals surface area (Å²) in [6.45, 7) is 8.10. The van der Waals surface area contributed by atoms with Crippen LogP contribution in [0.5, 0.6) is 0 Å². The molecule has 23 heavy (non-hydrogen) atoms. The maximum atomic E-state index is 13.5. The molecule has 0 saturated carbocycles. The van der Waals surface area contributed by atoms with Gasteiger partial charge in [0.1, 0.15) is 5.82 Å². The van der Waals surface area contributed by atoms with Crippen LogP contribution in [0.2, 0.25) is 0 Å². The molecule has 126 valence electrons. The minimum absolute atomic E-state index is 0.0192. The Kier molecular flexibility index (Phi) is 5.07. The van der Waals surface area contributed by atoms with Crippen molar-refractivity contribution >= 4 is 11.8 Å². The lowest BCUT2D eigenvalue weighted by Crippen LogP contribution is -2.43. The number of carbonyl (C=O) groups is 2. The van der Waals surface area contributed by atoms with E-state index in [0.29, 0.717) is 6.54 Å². The Morgan fingerprint density at radius 2 is 2.04 bits per heavy atom. The van der Waals surface area contributed by atoms with Gasteiger partial charge in [0.15, 0.2) is 0 Å². The molecule has 0 aliphatic carbocycles. The maximum Gasteiger partial charge on any atom is 0.242 e. The first-order chi connectivity index (χ1) is 10.7. The van der Waals surface area contributed by atoms with Gasteiger partial charge in [0.2, 0.25) is 11.8 Å². The first-order valence-electron chi connectivity index (χ1n) is 8.03. The number of benzene rings is 1. The molecule has 5 heteroatoms. The summed E-state index contributed by atoms with van der Waals surface area (Å²) in [6.07, 6.45) is 0.875. The number of nitrogens with one attached hydrogen (secondary N) is 1. The lowest BCUT2D eigenvalue weighted by Gasteiger charge is -2.28. The van der Waals surface area contributed by atoms with Crippen molar-refractivity contribution in [3.8, 4) is 0 Å². The fourth-order valence-corrected chi connectivity index (χ4v) is 2.95. The largest absolute Gasteiger partial charge is 0.347 e. The van der Waals surface area contributed by atoms with Gasteiger partial charge in [-0.25, -0.2) is 4.39 Å². The maximum absolute atomic E-state index is 13.5. The van der Waals surface area contributed by atoms with Crippen LogP contribution in [0.25, 0.3) is 0 Å². The van der Waals surface area contributed by atoms with Gasteiger partial charge in [0, 0.05) is 12.0 Å². The van der Waals surface area contributed by atoms with Crippen LogP contribution in [0.3, 0.4) is 0 Å². The van der Waals surface area contributed by atoms with Gasteiger partial charge in [-0.1, -0.05) is 39.8 Å². The molecule has 0 bridgehead atoms. The van der Waals surface area contributed by atoms with Crippen molar-refractivity contribution in [2.75, 3.05) is 13.1 Å². The van der Waals surface area contributed by atoms with Crippen LogP contribution in [0.1, 0.15) is 45.7 Å². The van der Waals surface area contributed by atoms with Gasteiger partial charge in [0.05, 0.1) is 12.6 Å². The fraction of sp³-hybridized carbons (Fsp3) is 0.556. The lowest BCUT2D eigenvalue weighted by atomic mass is 9.95. The Hall–Kier alpha value is -1.91. The van der Waals surface area contributed by atoms with Crippen molar-refractivity contribution in [3.63, 3.8) is 0 Å². The molecule has 1 fully saturated rings. The highest BCUT2D eigenvalue weighted by molar-refractivity contribution is 5.87. The molecular formula is C18H25FN2O2. The molecule has 2 amide bonds. The molecule has 2 atom stereocenters. The van der Waals surface area contributed by atoms with E-state index in [1.54, 1.807) is 31.7 Å². The van der Waals surface area contributed by atoms with Crippen molar-refractivity contribution in [3.05, 3.63) is 35.6 Å². The van der Waals surface area contributed by atoms with E-state index >= 15 is 0 Å². The fourth-order valence-electron chi connectivity index (χ4n) is 2.95. The molecule has 1 aromatic rings. The van der Waals surface area contributed by atoms with Gasteiger partial charge >= 0.3 is 0 Å². The van der Waals surface area contributed by atoms with Crippen molar-refractivity contribution in [1.29, 1.82) is 0 Å². The number of hydrogen-bond acceptors (Lipinski definition) is 2. The number of likely N-dealkylation sites (tertiary alicyclic amines) is 1. The number of rotatable bonds is 3. The summed E-state index contributed by atoms with van der Waals surface area (Å²) in [6, 6.07) is 6.27. The Bertz CT molecular complexity index is 595. The van der Waals surface area contributed by atoms with Crippen LogP contribution in [0, 0.1) is 17.2 Å². The third-order valence-electron chi connectivity index (χ3n) is 4.29. The molecular weight excluding hydrogens is 295 g/mol. The number of carbonyl (C=O) groups excluding carboxylic acids is 2. The minimum Gasteiger partial charge on any atom is -0.347 e. The van der Waals surface area contributed by atoms with Gasteiger partial charge in [0.25, 0.3) is 0 Å². The summed E-state index contributed by atoms with van der Waals surface area (Å²) < 4.78 is 13.5. The average Bonchev–Trinajstić information content (AvgIpc) is 2.85. The smallest absolute Gasteiger partial charge is 0.242 e. The number of hydrogen-bond donors (Lipinski definition) is 1. The van der Waals surface area contributed by atoms with Gasteiger partial charge in [-0.15, -0.1) is 0 Å². The highest BCUT2D eigenvalue weighted by atomic mass is 19.1. The topological polar surface area (TPSA) is 49.4 Å². The molecule has 1 aromatic carbocycles. The summed E-state index contributed by atoms with van der Waals surface area (Å²) in [5.74, 6) is -0.310. The zero-order valence-electron chi connectivity index (χ0n) is 14.2. The SMILES string of the molecule is C[C@@H]1CCN(C(=O)CNC(=O)C(C)(C)C)[C@@H]1c1cccc(F)c1. The molecule has 1 saturated heterocycles. The van der Waals surface area contributed by atoms with Crippen LogP contribution >= 0.6 is 0 Å². The first kappa shape index (κ1) is 17.4. The van der Waals surface area contributed by atoms with Crippen molar-refractivity contribution < 1.29 is 14.0 Å². The number of halogens is 1. The Morgan fingerprint density at radius 3 is 2.65 bits per heavy atom. The summed E-state index contributed by atoms with van der Waals surface area (Å²) in [4.78, 5) is 26.2. The van der Waals surface area contributed by atoms with E-state index < -0.39 is 5.41 Å². The summed E-state index contributed by atoms with van der Waals surface area (Å²) >= 11 is 0. The molecule has 0 spiro atoms. The lowest BCUT2D eigenvalue weighted by molar-refractivity contribution is -0.136. The second kappa shape index (κ2) is 6.69. The average molecular weight is 320 g/mol.